The van der Waals surface area contributed by atoms with E-state index in [9.17, 15) is 24.0 Å². The number of ether oxygens (including phenoxy) is 3. The maximum atomic E-state index is 14.4. The van der Waals surface area contributed by atoms with E-state index >= 15 is 0 Å². The maximum Gasteiger partial charge on any atom is 0.262 e. The fourth-order valence-corrected chi connectivity index (χ4v) is 8.95. The monoisotopic (exact) mass is 1020 g/mol. The summed E-state index contributed by atoms with van der Waals surface area (Å²) >= 11 is 0. The van der Waals surface area contributed by atoms with Crippen LogP contribution in [0.1, 0.15) is 106 Å². The minimum absolute atomic E-state index is 0.0573. The topological polar surface area (TPSA) is 254 Å². The number of nitrogen functional groups attached to an aromatic ring is 1. The number of likely N-dealkylation sites (N-methyl/N-ethyl adjacent to an activating group) is 1. The molecule has 2 aromatic carbocycles. The van der Waals surface area contributed by atoms with Crippen molar-refractivity contribution in [3.8, 4) is 17.1 Å². The van der Waals surface area contributed by atoms with Gasteiger partial charge in [0.1, 0.15) is 30.4 Å². The Labute approximate surface area is 433 Å². The highest BCUT2D eigenvalue weighted by Crippen LogP contribution is 2.37. The number of hydrogen-bond donors (Lipinski definition) is 6. The molecule has 21 nitrogen and oxygen atoms in total. The summed E-state index contributed by atoms with van der Waals surface area (Å²) < 4.78 is 19.2. The molecule has 7 N–H and O–H groups in total. The van der Waals surface area contributed by atoms with E-state index in [1.54, 1.807) is 32.0 Å². The van der Waals surface area contributed by atoms with Crippen molar-refractivity contribution < 1.29 is 38.2 Å². The highest BCUT2D eigenvalue weighted by molar-refractivity contribution is 5.96. The van der Waals surface area contributed by atoms with Crippen molar-refractivity contribution in [3.05, 3.63) is 94.1 Å². The quantitative estimate of drug-likeness (QED) is 0.0510. The SMILES string of the molecule is [C-]#[N+]c1c2c(nn1CCNC(=O)CCOCCOCCN[C@H]1C[C@@H](C(=O)N[C@H](CC)c3ccccc3)N(C(=O)[C@@H](NC(=O)[C@H](C)NC)C(C)(C)C)C1)CN(C)C(=O)c1ccc(C)cc1[C@@H](C)Oc1nc-2cnc1N. The normalized spacial score (nSPS) is 17.8. The molecular weight excluding hydrogens is 947 g/mol. The van der Waals surface area contributed by atoms with E-state index in [1.807, 2.05) is 84.0 Å². The van der Waals surface area contributed by atoms with Gasteiger partial charge in [-0.1, -0.05) is 82.3 Å². The number of hydrogen-bond acceptors (Lipinski definition) is 14. The highest BCUT2D eigenvalue weighted by atomic mass is 16.5. The van der Waals surface area contributed by atoms with Crippen LogP contribution < -0.4 is 37.1 Å². The summed E-state index contributed by atoms with van der Waals surface area (Å²) in [4.78, 5) is 84.0. The number of likely N-dealkylation sites (tertiary alicyclic amines) is 1. The lowest BCUT2D eigenvalue weighted by molar-refractivity contribution is -0.144. The fraction of sp³-hybridized carbons (Fsp3) is 0.528. The predicted molar refractivity (Wildman–Crippen MR) is 279 cm³/mol. The molecule has 2 aliphatic rings. The van der Waals surface area contributed by atoms with Gasteiger partial charge in [0.15, 0.2) is 5.82 Å². The van der Waals surface area contributed by atoms with Crippen LogP contribution >= 0.6 is 0 Å². The Morgan fingerprint density at radius 3 is 2.45 bits per heavy atom. The van der Waals surface area contributed by atoms with Gasteiger partial charge in [-0.3, -0.25) is 24.0 Å². The predicted octanol–water partition coefficient (Wildman–Crippen LogP) is 4.01. The third kappa shape index (κ3) is 14.2. The molecular formula is C53H73N13O8. The summed E-state index contributed by atoms with van der Waals surface area (Å²) in [6.07, 6.45) is 1.99. The molecule has 1 fully saturated rings. The molecule has 4 aromatic rings. The molecule has 21 heteroatoms. The van der Waals surface area contributed by atoms with Crippen LogP contribution in [-0.4, -0.2) is 143 Å². The van der Waals surface area contributed by atoms with Gasteiger partial charge in [0.05, 0.1) is 69.1 Å². The van der Waals surface area contributed by atoms with E-state index in [4.69, 9.17) is 31.6 Å². The van der Waals surface area contributed by atoms with E-state index in [-0.39, 0.29) is 112 Å². The van der Waals surface area contributed by atoms with Crippen molar-refractivity contribution in [1.82, 2.24) is 56.1 Å². The Balaban J connectivity index is 0.969. The summed E-state index contributed by atoms with van der Waals surface area (Å²) in [6, 6.07) is 12.6. The molecule has 5 amide bonds. The van der Waals surface area contributed by atoms with Crippen LogP contribution in [0.5, 0.6) is 5.88 Å². The number of amides is 5. The second-order valence-electron chi connectivity index (χ2n) is 19.9. The second-order valence-corrected chi connectivity index (χ2v) is 19.9. The first kappa shape index (κ1) is 56.3. The second kappa shape index (κ2) is 25.8. The van der Waals surface area contributed by atoms with Crippen LogP contribution in [0.25, 0.3) is 16.1 Å². The smallest absolute Gasteiger partial charge is 0.262 e. The minimum Gasteiger partial charge on any atom is -0.467 e. The molecule has 0 aliphatic carbocycles. The van der Waals surface area contributed by atoms with Crippen molar-refractivity contribution in [3.63, 3.8) is 0 Å². The number of nitrogens with two attached hydrogens (primary N) is 1. The number of aryl methyl sites for hydroxylation is 1. The first-order valence-electron chi connectivity index (χ1n) is 25.3. The molecule has 0 saturated carbocycles. The summed E-state index contributed by atoms with van der Waals surface area (Å²) in [7, 11) is 3.35. The molecule has 6 atom stereocenters. The lowest BCUT2D eigenvalue weighted by atomic mass is 9.85. The van der Waals surface area contributed by atoms with E-state index in [0.29, 0.717) is 54.1 Å². The molecule has 2 bridgehead atoms. The van der Waals surface area contributed by atoms with Crippen molar-refractivity contribution in [2.75, 3.05) is 65.9 Å². The summed E-state index contributed by atoms with van der Waals surface area (Å²) in [5.41, 5.74) is 9.72. The highest BCUT2D eigenvalue weighted by Gasteiger charge is 2.45. The largest absolute Gasteiger partial charge is 0.467 e. The van der Waals surface area contributed by atoms with Crippen LogP contribution in [0.15, 0.2) is 54.7 Å². The Morgan fingerprint density at radius 1 is 1.03 bits per heavy atom. The van der Waals surface area contributed by atoms with Gasteiger partial charge in [-0.15, -0.1) is 5.10 Å². The molecule has 0 spiro atoms. The molecule has 0 unspecified atom stereocenters. The minimum atomic E-state index is -0.870. The average molecular weight is 1020 g/mol. The van der Waals surface area contributed by atoms with Crippen LogP contribution in [0.4, 0.5) is 11.6 Å². The van der Waals surface area contributed by atoms with Gasteiger partial charge in [0.25, 0.3) is 17.6 Å². The number of fused-ring (bicyclic) bond motifs is 5. The van der Waals surface area contributed by atoms with E-state index in [0.717, 1.165) is 11.1 Å². The van der Waals surface area contributed by atoms with Crippen molar-refractivity contribution in [2.24, 2.45) is 5.41 Å². The van der Waals surface area contributed by atoms with Crippen LogP contribution in [0, 0.1) is 18.9 Å². The van der Waals surface area contributed by atoms with Gasteiger partial charge in [0, 0.05) is 43.7 Å². The molecule has 74 heavy (non-hydrogen) atoms. The number of carbonyl (C=O) groups is 5. The molecule has 2 aromatic heterocycles. The van der Waals surface area contributed by atoms with Crippen molar-refractivity contribution in [1.29, 1.82) is 0 Å². The summed E-state index contributed by atoms with van der Waals surface area (Å²) in [5.74, 6) is -1.11. The number of nitrogens with zero attached hydrogens (tertiary/aromatic N) is 7. The zero-order chi connectivity index (χ0) is 53.7. The molecule has 2 aliphatic heterocycles. The Bertz CT molecular complexity index is 2650. The Morgan fingerprint density at radius 2 is 1.76 bits per heavy atom. The summed E-state index contributed by atoms with van der Waals surface area (Å²) in [5, 5.41) is 20.1. The number of aromatic nitrogens is 4. The van der Waals surface area contributed by atoms with Crippen LogP contribution in [-0.2, 0) is 41.7 Å². The molecule has 398 valence electrons. The van der Waals surface area contributed by atoms with Crippen LogP contribution in [0.3, 0.4) is 0 Å². The lowest BCUT2D eigenvalue weighted by Gasteiger charge is -2.36. The lowest BCUT2D eigenvalue weighted by Crippen LogP contribution is -2.59. The first-order chi connectivity index (χ1) is 35.3. The van der Waals surface area contributed by atoms with E-state index in [1.165, 1.54) is 15.8 Å². The zero-order valence-electron chi connectivity index (χ0n) is 44.1. The number of rotatable bonds is 21. The standard InChI is InChI=1S/C53H73N13O8/c1-11-39(35-15-13-12-14-16-35)60-49(69)42-28-36(30-65(42)52(71)45(53(5,6)7)62-48(68)33(3)55-8)57-21-24-73-26-25-72-23-19-43(67)58-20-22-66-47(56-9)44-40-29-59-46(54)50(61-40)74-34(4)38-27-32(2)17-18-37(38)51(70)64(10)31-41(44)63-66/h12-18,27,29,33-34,36,39,42,45,55,57H,11,19-26,28,30-31H2,1-8,10H3,(H2,54,59)(H,58,67)(H,60,69)(H,62,68)/t33-,34+,36-,39+,42-,45+/m0/s1. The third-order valence-corrected chi connectivity index (χ3v) is 13.2. The van der Waals surface area contributed by atoms with Gasteiger partial charge in [-0.25, -0.2) is 9.97 Å². The van der Waals surface area contributed by atoms with Crippen LogP contribution in [0.2, 0.25) is 0 Å². The summed E-state index contributed by atoms with van der Waals surface area (Å²) in [6.45, 7) is 23.4. The van der Waals surface area contributed by atoms with Gasteiger partial charge in [-0.05, 0) is 57.7 Å². The van der Waals surface area contributed by atoms with Gasteiger partial charge >= 0.3 is 0 Å². The fourth-order valence-electron chi connectivity index (χ4n) is 8.95. The zero-order valence-corrected chi connectivity index (χ0v) is 44.1. The van der Waals surface area contributed by atoms with E-state index < -0.39 is 29.6 Å². The van der Waals surface area contributed by atoms with Gasteiger partial charge in [-0.2, -0.15) is 4.68 Å². The maximum absolute atomic E-state index is 14.4. The average Bonchev–Trinajstić information content (AvgIpc) is 3.97. The Hall–Kier alpha value is -6.99. The Kier molecular flexibility index (Phi) is 19.6. The van der Waals surface area contributed by atoms with E-state index in [2.05, 4.69) is 41.4 Å². The molecule has 1 saturated heterocycles. The third-order valence-electron chi connectivity index (χ3n) is 13.2. The number of benzene rings is 2. The van der Waals surface area contributed by atoms with Gasteiger partial charge < -0.3 is 61.2 Å². The first-order valence-corrected chi connectivity index (χ1v) is 25.3. The number of nitrogens with one attached hydrogen (secondary N) is 5. The number of carbonyl (C=O) groups excluding carboxylic acids is 5. The van der Waals surface area contributed by atoms with Crippen molar-refractivity contribution in [2.45, 2.75) is 117 Å². The molecule has 6 rings (SSSR count). The van der Waals surface area contributed by atoms with Gasteiger partial charge in [0.2, 0.25) is 23.6 Å². The molecule has 4 heterocycles. The number of anilines is 1. The molecule has 0 radical (unpaired) electrons. The van der Waals surface area contributed by atoms with Crippen molar-refractivity contribution >= 4 is 41.2 Å².